The predicted molar refractivity (Wildman–Crippen MR) is 112 cm³/mol. The number of methoxy groups -OCH3 is 1. The molecule has 8 nitrogen and oxygen atoms in total. The average molecular weight is 475 g/mol. The van der Waals surface area contributed by atoms with Gasteiger partial charge in [-0.1, -0.05) is 23.7 Å². The van der Waals surface area contributed by atoms with E-state index in [2.05, 4.69) is 9.44 Å². The van der Waals surface area contributed by atoms with E-state index in [0.717, 1.165) is 29.5 Å². The lowest BCUT2D eigenvalue weighted by Crippen LogP contribution is -2.15. The van der Waals surface area contributed by atoms with E-state index in [1.807, 2.05) is 0 Å². The zero-order chi connectivity index (χ0) is 21.2. The van der Waals surface area contributed by atoms with Gasteiger partial charge in [-0.3, -0.25) is 9.44 Å². The highest BCUT2D eigenvalue weighted by Crippen LogP contribution is 2.33. The number of benzene rings is 2. The predicted octanol–water partition coefficient (Wildman–Crippen LogP) is 3.72. The van der Waals surface area contributed by atoms with E-state index in [4.69, 9.17) is 16.3 Å². The molecule has 3 aromatic rings. The maximum Gasteiger partial charge on any atom is 0.271 e. The normalized spacial score (nSPS) is 11.8. The van der Waals surface area contributed by atoms with Crippen LogP contribution in [0.25, 0.3) is 0 Å². The first-order valence-corrected chi connectivity index (χ1v) is 12.1. The van der Waals surface area contributed by atoms with Crippen molar-refractivity contribution >= 4 is 54.4 Å². The molecular weight excluding hydrogens is 460 g/mol. The van der Waals surface area contributed by atoms with E-state index < -0.39 is 25.8 Å². The van der Waals surface area contributed by atoms with Gasteiger partial charge in [-0.25, -0.2) is 16.8 Å². The Bertz CT molecular complexity index is 1260. The van der Waals surface area contributed by atoms with E-state index in [0.29, 0.717) is 5.75 Å². The van der Waals surface area contributed by atoms with Gasteiger partial charge in [-0.05, 0) is 42.5 Å². The summed E-state index contributed by atoms with van der Waals surface area (Å²) in [5.74, 6) is -0.127. The molecule has 0 saturated heterocycles. The second-order valence-corrected chi connectivity index (χ2v) is 11.0. The van der Waals surface area contributed by atoms with Crippen molar-refractivity contribution in [1.82, 2.24) is 0 Å². The Morgan fingerprint density at radius 1 is 0.931 bits per heavy atom. The van der Waals surface area contributed by atoms with Gasteiger partial charge in [0.25, 0.3) is 20.0 Å². The summed E-state index contributed by atoms with van der Waals surface area (Å²) in [6.07, 6.45) is 0. The largest absolute Gasteiger partial charge is 0.506 e. The molecule has 29 heavy (non-hydrogen) atoms. The van der Waals surface area contributed by atoms with Gasteiger partial charge in [-0.2, -0.15) is 0 Å². The molecule has 0 spiro atoms. The SMILES string of the molecule is COc1ccccc1NS(=O)(=O)c1ccc(O)c(NS(=O)(=O)c2ccc(Cl)s2)c1. The van der Waals surface area contributed by atoms with Crippen LogP contribution in [-0.2, 0) is 20.0 Å². The molecule has 0 bridgehead atoms. The third kappa shape index (κ3) is 4.75. The maximum absolute atomic E-state index is 12.7. The van der Waals surface area contributed by atoms with E-state index in [1.165, 1.54) is 25.3 Å². The maximum atomic E-state index is 12.7. The quantitative estimate of drug-likeness (QED) is 0.448. The second-order valence-electron chi connectivity index (χ2n) is 5.65. The van der Waals surface area contributed by atoms with Gasteiger partial charge in [0.05, 0.1) is 27.7 Å². The van der Waals surface area contributed by atoms with Crippen LogP contribution < -0.4 is 14.2 Å². The lowest BCUT2D eigenvalue weighted by atomic mass is 10.3. The van der Waals surface area contributed by atoms with Gasteiger partial charge >= 0.3 is 0 Å². The highest BCUT2D eigenvalue weighted by Gasteiger charge is 2.22. The van der Waals surface area contributed by atoms with Crippen LogP contribution in [0.5, 0.6) is 11.5 Å². The standard InChI is InChI=1S/C17H15ClN2O6S3/c1-26-15-5-3-2-4-12(15)19-28(22,23)11-6-7-14(21)13(10-11)20-29(24,25)17-9-8-16(18)27-17/h2-10,19-21H,1H3. The van der Waals surface area contributed by atoms with Gasteiger partial charge in [0.15, 0.2) is 0 Å². The Morgan fingerprint density at radius 2 is 1.62 bits per heavy atom. The third-order valence-corrected chi connectivity index (χ3v) is 8.14. The molecule has 0 aliphatic rings. The first-order chi connectivity index (χ1) is 13.6. The van der Waals surface area contributed by atoms with E-state index >= 15 is 0 Å². The molecular formula is C17H15ClN2O6S3. The number of para-hydroxylation sites is 2. The third-order valence-electron chi connectivity index (χ3n) is 3.69. The number of halogens is 1. The number of ether oxygens (including phenoxy) is 1. The Balaban J connectivity index is 1.94. The number of sulfonamides is 2. The molecule has 0 radical (unpaired) electrons. The average Bonchev–Trinajstić information content (AvgIpc) is 3.11. The number of hydrogen-bond acceptors (Lipinski definition) is 7. The summed E-state index contributed by atoms with van der Waals surface area (Å²) in [6, 6.07) is 12.4. The molecule has 0 atom stereocenters. The number of phenols is 1. The van der Waals surface area contributed by atoms with E-state index in [-0.39, 0.29) is 24.8 Å². The Hall–Kier alpha value is -2.47. The fourth-order valence-corrected chi connectivity index (χ4v) is 5.98. The van der Waals surface area contributed by atoms with E-state index in [9.17, 15) is 21.9 Å². The summed E-state index contributed by atoms with van der Waals surface area (Å²) < 4.78 is 60.2. The molecule has 0 saturated carbocycles. The summed E-state index contributed by atoms with van der Waals surface area (Å²) in [6.45, 7) is 0. The minimum atomic E-state index is -4.10. The number of thiophene rings is 1. The number of hydrogen-bond donors (Lipinski definition) is 3. The molecule has 0 aliphatic heterocycles. The Labute approximate surface area is 176 Å². The van der Waals surface area contributed by atoms with Crippen LogP contribution in [0.1, 0.15) is 0 Å². The van der Waals surface area contributed by atoms with Crippen LogP contribution in [0.15, 0.2) is 63.7 Å². The molecule has 0 amide bonds. The zero-order valence-corrected chi connectivity index (χ0v) is 18.0. The molecule has 2 aromatic carbocycles. The summed E-state index contributed by atoms with van der Waals surface area (Å²) in [5.41, 5.74) is -0.0872. The fraction of sp³-hybridized carbons (Fsp3) is 0.0588. The number of anilines is 2. The van der Waals surface area contributed by atoms with Crippen molar-refractivity contribution in [3.63, 3.8) is 0 Å². The summed E-state index contributed by atoms with van der Waals surface area (Å²) in [5, 5.41) is 10.0. The van der Waals surface area contributed by atoms with Crippen LogP contribution in [0.2, 0.25) is 4.34 Å². The molecule has 0 aliphatic carbocycles. The van der Waals surface area contributed by atoms with E-state index in [1.54, 1.807) is 18.2 Å². The van der Waals surface area contributed by atoms with Gasteiger partial charge < -0.3 is 9.84 Å². The van der Waals surface area contributed by atoms with Crippen LogP contribution >= 0.6 is 22.9 Å². The van der Waals surface area contributed by atoms with Gasteiger partial charge in [0.2, 0.25) is 0 Å². The Morgan fingerprint density at radius 3 is 2.28 bits per heavy atom. The minimum absolute atomic E-state index is 0.0812. The number of phenolic OH excluding ortho intramolecular Hbond substituents is 1. The summed E-state index contributed by atoms with van der Waals surface area (Å²) >= 11 is 6.59. The number of nitrogens with one attached hydrogen (secondary N) is 2. The van der Waals surface area contributed by atoms with Gasteiger partial charge in [0.1, 0.15) is 15.7 Å². The summed E-state index contributed by atoms with van der Waals surface area (Å²) in [7, 11) is -6.75. The molecule has 0 unspecified atom stereocenters. The first kappa shape index (κ1) is 21.2. The molecule has 0 fully saturated rings. The van der Waals surface area contributed by atoms with Gasteiger partial charge in [0, 0.05) is 0 Å². The lowest BCUT2D eigenvalue weighted by Gasteiger charge is -2.13. The second kappa shape index (κ2) is 8.11. The van der Waals surface area contributed by atoms with Gasteiger partial charge in [-0.15, -0.1) is 11.3 Å². The smallest absolute Gasteiger partial charge is 0.271 e. The number of rotatable bonds is 7. The zero-order valence-electron chi connectivity index (χ0n) is 14.8. The van der Waals surface area contributed by atoms with Crippen molar-refractivity contribution in [2.24, 2.45) is 0 Å². The topological polar surface area (TPSA) is 122 Å². The summed E-state index contributed by atoms with van der Waals surface area (Å²) in [4.78, 5) is -0.261. The molecule has 154 valence electrons. The van der Waals surface area contributed by atoms with Crippen molar-refractivity contribution in [1.29, 1.82) is 0 Å². The first-order valence-electron chi connectivity index (χ1n) is 7.89. The van der Waals surface area contributed by atoms with Crippen LogP contribution in [0, 0.1) is 0 Å². The highest BCUT2D eigenvalue weighted by atomic mass is 35.5. The molecule has 3 rings (SSSR count). The molecule has 1 heterocycles. The van der Waals surface area contributed by atoms with Crippen molar-refractivity contribution in [3.05, 3.63) is 58.9 Å². The molecule has 1 aromatic heterocycles. The fourth-order valence-electron chi connectivity index (χ4n) is 2.33. The van der Waals surface area contributed by atoms with Crippen LogP contribution in [-0.4, -0.2) is 29.1 Å². The Kier molecular flexibility index (Phi) is 5.94. The van der Waals surface area contributed by atoms with Crippen molar-refractivity contribution in [2.45, 2.75) is 9.10 Å². The molecule has 3 N–H and O–H groups in total. The van der Waals surface area contributed by atoms with Crippen molar-refractivity contribution in [2.75, 3.05) is 16.6 Å². The molecule has 12 heteroatoms. The minimum Gasteiger partial charge on any atom is -0.506 e. The monoisotopic (exact) mass is 474 g/mol. The van der Waals surface area contributed by atoms with Crippen molar-refractivity contribution in [3.8, 4) is 11.5 Å². The highest BCUT2D eigenvalue weighted by molar-refractivity contribution is 7.94. The number of aromatic hydroxyl groups is 1. The lowest BCUT2D eigenvalue weighted by molar-refractivity contribution is 0.417. The van der Waals surface area contributed by atoms with Crippen molar-refractivity contribution < 1.29 is 26.7 Å². The van der Waals surface area contributed by atoms with Crippen LogP contribution in [0.4, 0.5) is 11.4 Å². The van der Waals surface area contributed by atoms with Crippen LogP contribution in [0.3, 0.4) is 0 Å².